The Morgan fingerprint density at radius 1 is 1.30 bits per heavy atom. The Morgan fingerprint density at radius 3 is 2.50 bits per heavy atom. The molecule has 0 radical (unpaired) electrons. The second-order valence-electron chi connectivity index (χ2n) is 5.90. The summed E-state index contributed by atoms with van der Waals surface area (Å²) >= 11 is 0. The van der Waals surface area contributed by atoms with Crippen molar-refractivity contribution in [3.63, 3.8) is 0 Å². The SMILES string of the molecule is CCOC(=O)C12CCCC(C1=O)[N+](CC)(CC)CC2.[Br-]. The van der Waals surface area contributed by atoms with Crippen LogP contribution in [0, 0.1) is 5.41 Å². The van der Waals surface area contributed by atoms with Crippen molar-refractivity contribution in [1.29, 1.82) is 0 Å². The van der Waals surface area contributed by atoms with Crippen LogP contribution in [0.5, 0.6) is 0 Å². The number of piperidine rings is 1. The number of nitrogens with zero attached hydrogens (tertiary/aromatic N) is 1. The lowest BCUT2D eigenvalue weighted by Crippen LogP contribution is -3.00. The van der Waals surface area contributed by atoms with Crippen molar-refractivity contribution in [1.82, 2.24) is 0 Å². The lowest BCUT2D eigenvalue weighted by molar-refractivity contribution is -0.944. The Bertz CT molecular complexity index is 381. The van der Waals surface area contributed by atoms with Crippen LogP contribution in [0.15, 0.2) is 0 Å². The Labute approximate surface area is 132 Å². The number of Topliss-reactive ketones (excluding diaryl/α,β-unsaturated/α-hetero) is 1. The van der Waals surface area contributed by atoms with E-state index in [0.717, 1.165) is 37.0 Å². The molecule has 0 aromatic carbocycles. The van der Waals surface area contributed by atoms with Crippen LogP contribution in [-0.2, 0) is 14.3 Å². The van der Waals surface area contributed by atoms with Crippen molar-refractivity contribution in [2.75, 3.05) is 26.2 Å². The lowest BCUT2D eigenvalue weighted by atomic mass is 9.65. The van der Waals surface area contributed by atoms with Crippen LogP contribution in [0.1, 0.15) is 46.5 Å². The number of ketones is 1. The fourth-order valence-corrected chi connectivity index (χ4v) is 4.07. The number of likely N-dealkylation sites (N-methyl/N-ethyl adjacent to an activating group) is 1. The number of hydrogen-bond donors (Lipinski definition) is 0. The standard InChI is InChI=1S/C15H26NO3.BrH/c1-4-16(5-2)11-10-15(14(18)19-6-3)9-7-8-12(16)13(15)17;/h12H,4-11H2,1-3H3;1H/q+1;/p-1. The molecule has 0 aromatic heterocycles. The third kappa shape index (κ3) is 2.43. The molecule has 5 heteroatoms. The van der Waals surface area contributed by atoms with Crippen molar-refractivity contribution in [2.24, 2.45) is 5.41 Å². The largest absolute Gasteiger partial charge is 1.00 e. The quantitative estimate of drug-likeness (QED) is 0.369. The highest BCUT2D eigenvalue weighted by atomic mass is 79.9. The molecule has 1 heterocycles. The summed E-state index contributed by atoms with van der Waals surface area (Å²) in [7, 11) is 0. The molecular weight excluding hydrogens is 322 g/mol. The Hall–Kier alpha value is -0.420. The number of quaternary nitrogens is 1. The van der Waals surface area contributed by atoms with Gasteiger partial charge in [0.25, 0.3) is 0 Å². The molecular formula is C15H26BrNO3. The summed E-state index contributed by atoms with van der Waals surface area (Å²) in [5.41, 5.74) is -0.814. The monoisotopic (exact) mass is 347 g/mol. The first-order chi connectivity index (χ1) is 9.06. The first-order valence-electron chi connectivity index (χ1n) is 7.63. The number of esters is 1. The minimum atomic E-state index is -0.814. The van der Waals surface area contributed by atoms with E-state index in [1.165, 1.54) is 0 Å². The molecule has 20 heavy (non-hydrogen) atoms. The van der Waals surface area contributed by atoms with Gasteiger partial charge in [-0.2, -0.15) is 0 Å². The molecule has 4 nitrogen and oxygen atoms in total. The molecule has 2 rings (SSSR count). The van der Waals surface area contributed by atoms with E-state index >= 15 is 0 Å². The van der Waals surface area contributed by atoms with Crippen LogP contribution in [0.3, 0.4) is 0 Å². The van der Waals surface area contributed by atoms with E-state index in [1.54, 1.807) is 6.92 Å². The third-order valence-corrected chi connectivity index (χ3v) is 5.43. The van der Waals surface area contributed by atoms with Gasteiger partial charge < -0.3 is 26.2 Å². The van der Waals surface area contributed by atoms with Gasteiger partial charge in [-0.25, -0.2) is 0 Å². The minimum absolute atomic E-state index is 0. The van der Waals surface area contributed by atoms with Gasteiger partial charge in [0.2, 0.25) is 5.78 Å². The summed E-state index contributed by atoms with van der Waals surface area (Å²) in [6.45, 7) is 9.37. The van der Waals surface area contributed by atoms with Crippen LogP contribution in [-0.4, -0.2) is 48.5 Å². The number of fused-ring (bicyclic) bond motifs is 2. The second kappa shape index (κ2) is 6.56. The van der Waals surface area contributed by atoms with E-state index in [-0.39, 0.29) is 34.8 Å². The van der Waals surface area contributed by atoms with E-state index < -0.39 is 5.41 Å². The highest BCUT2D eigenvalue weighted by Crippen LogP contribution is 2.45. The van der Waals surface area contributed by atoms with Gasteiger partial charge in [-0.1, -0.05) is 0 Å². The zero-order valence-corrected chi connectivity index (χ0v) is 14.4. The molecule has 0 spiro atoms. The van der Waals surface area contributed by atoms with Crippen molar-refractivity contribution in [3.8, 4) is 0 Å². The number of carbonyl (C=O) groups excluding carboxylic acids is 2. The molecule has 0 aromatic rings. The maximum Gasteiger partial charge on any atom is 0.320 e. The Kier molecular flexibility index (Phi) is 5.79. The molecule has 116 valence electrons. The molecule has 0 N–H and O–H groups in total. The van der Waals surface area contributed by atoms with Gasteiger partial charge in [0, 0.05) is 12.8 Å². The predicted octanol–water partition coefficient (Wildman–Crippen LogP) is -1.08. The average Bonchev–Trinajstić information content (AvgIpc) is 2.40. The van der Waals surface area contributed by atoms with E-state index in [9.17, 15) is 9.59 Å². The molecule has 1 aliphatic carbocycles. The van der Waals surface area contributed by atoms with E-state index in [2.05, 4.69) is 13.8 Å². The number of hydrogen-bond acceptors (Lipinski definition) is 3. The van der Waals surface area contributed by atoms with E-state index in [0.29, 0.717) is 19.4 Å². The zero-order chi connectivity index (χ0) is 14.1. The topological polar surface area (TPSA) is 43.4 Å². The predicted molar refractivity (Wildman–Crippen MR) is 72.5 cm³/mol. The molecule has 2 fully saturated rings. The van der Waals surface area contributed by atoms with Gasteiger partial charge in [-0.05, 0) is 33.6 Å². The molecule has 1 aliphatic heterocycles. The number of carbonyl (C=O) groups is 2. The maximum absolute atomic E-state index is 12.9. The molecule has 2 atom stereocenters. The van der Waals surface area contributed by atoms with Crippen LogP contribution >= 0.6 is 0 Å². The third-order valence-electron chi connectivity index (χ3n) is 5.43. The zero-order valence-electron chi connectivity index (χ0n) is 12.8. The lowest BCUT2D eigenvalue weighted by Gasteiger charge is -2.53. The van der Waals surface area contributed by atoms with Crippen LogP contribution in [0.2, 0.25) is 0 Å². The molecule has 1 saturated heterocycles. The summed E-state index contributed by atoms with van der Waals surface area (Å²) < 4.78 is 6.06. The number of likely N-dealkylation sites (tertiary alicyclic amines) is 1. The van der Waals surface area contributed by atoms with Crippen molar-refractivity contribution >= 4 is 11.8 Å². The molecule has 2 aliphatic rings. The van der Waals surface area contributed by atoms with Gasteiger partial charge in [0.15, 0.2) is 0 Å². The fraction of sp³-hybridized carbons (Fsp3) is 0.867. The minimum Gasteiger partial charge on any atom is -1.00 e. The first kappa shape index (κ1) is 17.6. The molecule has 2 unspecified atom stereocenters. The summed E-state index contributed by atoms with van der Waals surface area (Å²) in [6.07, 6.45) is 3.26. The molecule has 0 amide bonds. The van der Waals surface area contributed by atoms with Gasteiger partial charge in [0.05, 0.1) is 26.2 Å². The first-order valence-corrected chi connectivity index (χ1v) is 7.63. The van der Waals surface area contributed by atoms with Crippen LogP contribution in [0.4, 0.5) is 0 Å². The number of rotatable bonds is 4. The smallest absolute Gasteiger partial charge is 0.320 e. The van der Waals surface area contributed by atoms with Crippen LogP contribution < -0.4 is 17.0 Å². The number of ether oxygens (including phenoxy) is 1. The molecule has 2 bridgehead atoms. The molecule has 1 saturated carbocycles. The number of halogens is 1. The highest BCUT2D eigenvalue weighted by Gasteiger charge is 2.61. The van der Waals surface area contributed by atoms with Gasteiger partial charge in [-0.15, -0.1) is 0 Å². The van der Waals surface area contributed by atoms with E-state index in [1.807, 2.05) is 0 Å². The fourth-order valence-electron chi connectivity index (χ4n) is 4.07. The Morgan fingerprint density at radius 2 is 1.95 bits per heavy atom. The van der Waals surface area contributed by atoms with Gasteiger partial charge in [0.1, 0.15) is 11.5 Å². The summed E-state index contributed by atoms with van der Waals surface area (Å²) in [4.78, 5) is 25.1. The summed E-state index contributed by atoms with van der Waals surface area (Å²) in [6, 6.07) is 0.0157. The summed E-state index contributed by atoms with van der Waals surface area (Å²) in [5, 5.41) is 0. The maximum atomic E-state index is 12.9. The highest BCUT2D eigenvalue weighted by molar-refractivity contribution is 6.06. The Balaban J connectivity index is 0.00000200. The van der Waals surface area contributed by atoms with Crippen molar-refractivity contribution in [2.45, 2.75) is 52.5 Å². The van der Waals surface area contributed by atoms with Crippen molar-refractivity contribution in [3.05, 3.63) is 0 Å². The average molecular weight is 348 g/mol. The van der Waals surface area contributed by atoms with Gasteiger partial charge in [-0.3, -0.25) is 9.59 Å². The van der Waals surface area contributed by atoms with Crippen molar-refractivity contribution < 1.29 is 35.8 Å². The normalized spacial score (nSPS) is 31.4. The van der Waals surface area contributed by atoms with Crippen LogP contribution in [0.25, 0.3) is 0 Å². The van der Waals surface area contributed by atoms with E-state index in [4.69, 9.17) is 4.74 Å². The summed E-state index contributed by atoms with van der Waals surface area (Å²) in [5.74, 6) is -0.109. The second-order valence-corrected chi connectivity index (χ2v) is 5.90. The van der Waals surface area contributed by atoms with Gasteiger partial charge >= 0.3 is 5.97 Å².